The summed E-state index contributed by atoms with van der Waals surface area (Å²) in [5, 5.41) is 11.9. The molecule has 0 spiro atoms. The molecule has 1 saturated carbocycles. The van der Waals surface area contributed by atoms with Crippen LogP contribution in [0, 0.1) is 0 Å². The van der Waals surface area contributed by atoms with Gasteiger partial charge in [-0.25, -0.2) is 4.79 Å². The fraction of sp³-hybridized carbons (Fsp3) is 0.429. The number of carbonyl (C=O) groups is 2. The first-order valence-corrected chi connectivity index (χ1v) is 6.71. The number of anilines is 1. The van der Waals surface area contributed by atoms with Gasteiger partial charge < -0.3 is 15.2 Å². The summed E-state index contributed by atoms with van der Waals surface area (Å²) in [6.45, 7) is 0. The van der Waals surface area contributed by atoms with Crippen molar-refractivity contribution in [2.75, 3.05) is 12.4 Å². The molecule has 1 amide bonds. The van der Waals surface area contributed by atoms with Crippen molar-refractivity contribution in [1.29, 1.82) is 0 Å². The highest BCUT2D eigenvalue weighted by Crippen LogP contribution is 2.38. The van der Waals surface area contributed by atoms with Gasteiger partial charge in [0.15, 0.2) is 0 Å². The van der Waals surface area contributed by atoms with Gasteiger partial charge in [0.05, 0.1) is 28.3 Å². The zero-order valence-corrected chi connectivity index (χ0v) is 11.9. The van der Waals surface area contributed by atoms with E-state index >= 15 is 0 Å². The lowest BCUT2D eigenvalue weighted by molar-refractivity contribution is -0.129. The summed E-state index contributed by atoms with van der Waals surface area (Å²) >= 11 is 5.96. The molecule has 0 atom stereocenters. The van der Waals surface area contributed by atoms with Crippen LogP contribution in [0.15, 0.2) is 18.2 Å². The van der Waals surface area contributed by atoms with Crippen LogP contribution < -0.4 is 5.32 Å². The molecule has 0 radical (unpaired) electrons. The van der Waals surface area contributed by atoms with Gasteiger partial charge in [-0.15, -0.1) is 0 Å². The van der Waals surface area contributed by atoms with Gasteiger partial charge >= 0.3 is 5.97 Å². The number of halogens is 1. The molecule has 2 rings (SSSR count). The van der Waals surface area contributed by atoms with Crippen LogP contribution in [-0.2, 0) is 9.53 Å². The van der Waals surface area contributed by atoms with Crippen molar-refractivity contribution in [1.82, 2.24) is 0 Å². The molecule has 6 heteroatoms. The standard InChI is InChI=1S/C14H16ClNO4/c1-20-14(5-2-6-14)8-12(17)16-11-7-9(13(18)19)3-4-10(11)15/h3-4,7H,2,5-6,8H2,1H3,(H,16,17)(H,18,19). The number of nitrogens with one attached hydrogen (secondary N) is 1. The van der Waals surface area contributed by atoms with Crippen LogP contribution in [-0.4, -0.2) is 29.7 Å². The second-order valence-corrected chi connectivity index (χ2v) is 5.37. The van der Waals surface area contributed by atoms with Crippen LogP contribution in [0.25, 0.3) is 0 Å². The third kappa shape index (κ3) is 3.11. The molecule has 108 valence electrons. The summed E-state index contributed by atoms with van der Waals surface area (Å²) in [5.41, 5.74) is 0.0120. The van der Waals surface area contributed by atoms with Gasteiger partial charge in [-0.2, -0.15) is 0 Å². The molecule has 1 aliphatic carbocycles. The highest BCUT2D eigenvalue weighted by Gasteiger charge is 2.39. The van der Waals surface area contributed by atoms with Crippen LogP contribution in [0.3, 0.4) is 0 Å². The molecular formula is C14H16ClNO4. The molecule has 1 aliphatic rings. The minimum absolute atomic E-state index is 0.0785. The second-order valence-electron chi connectivity index (χ2n) is 4.97. The van der Waals surface area contributed by atoms with E-state index < -0.39 is 5.97 Å². The van der Waals surface area contributed by atoms with Crippen LogP contribution in [0.5, 0.6) is 0 Å². The Morgan fingerprint density at radius 3 is 2.65 bits per heavy atom. The highest BCUT2D eigenvalue weighted by molar-refractivity contribution is 6.33. The fourth-order valence-corrected chi connectivity index (χ4v) is 2.43. The Hall–Kier alpha value is -1.59. The van der Waals surface area contributed by atoms with E-state index in [1.807, 2.05) is 0 Å². The molecule has 2 N–H and O–H groups in total. The predicted molar refractivity (Wildman–Crippen MR) is 75.2 cm³/mol. The summed E-state index contributed by atoms with van der Waals surface area (Å²) in [7, 11) is 1.60. The van der Waals surface area contributed by atoms with Gasteiger partial charge in [-0.05, 0) is 37.5 Å². The quantitative estimate of drug-likeness (QED) is 0.876. The normalized spacial score (nSPS) is 16.3. The van der Waals surface area contributed by atoms with E-state index in [1.54, 1.807) is 7.11 Å². The summed E-state index contributed by atoms with van der Waals surface area (Å²) in [4.78, 5) is 22.9. The van der Waals surface area contributed by atoms with Gasteiger partial charge in [0.25, 0.3) is 0 Å². The van der Waals surface area contributed by atoms with Crippen molar-refractivity contribution in [2.24, 2.45) is 0 Å². The summed E-state index contributed by atoms with van der Waals surface area (Å²) < 4.78 is 5.39. The molecule has 20 heavy (non-hydrogen) atoms. The Kier molecular flexibility index (Phi) is 4.30. The van der Waals surface area contributed by atoms with Crippen molar-refractivity contribution in [3.8, 4) is 0 Å². The maximum Gasteiger partial charge on any atom is 0.335 e. The minimum atomic E-state index is -1.07. The molecular weight excluding hydrogens is 282 g/mol. The van der Waals surface area contributed by atoms with E-state index in [4.69, 9.17) is 21.4 Å². The lowest BCUT2D eigenvalue weighted by atomic mass is 9.77. The number of aromatic carboxylic acids is 1. The number of rotatable bonds is 5. The molecule has 1 aromatic rings. The molecule has 0 unspecified atom stereocenters. The van der Waals surface area contributed by atoms with Crippen molar-refractivity contribution < 1.29 is 19.4 Å². The van der Waals surface area contributed by atoms with Gasteiger partial charge in [-0.3, -0.25) is 4.79 Å². The monoisotopic (exact) mass is 297 g/mol. The van der Waals surface area contributed by atoms with E-state index in [2.05, 4.69) is 5.32 Å². The Bertz CT molecular complexity index is 534. The largest absolute Gasteiger partial charge is 0.478 e. The van der Waals surface area contributed by atoms with E-state index in [9.17, 15) is 9.59 Å². The molecule has 1 fully saturated rings. The third-order valence-corrected chi connectivity index (χ3v) is 4.00. The third-order valence-electron chi connectivity index (χ3n) is 3.67. The van der Waals surface area contributed by atoms with Crippen molar-refractivity contribution in [3.63, 3.8) is 0 Å². The average Bonchev–Trinajstić information content (AvgIpc) is 2.36. The molecule has 0 bridgehead atoms. The Morgan fingerprint density at radius 2 is 2.15 bits per heavy atom. The van der Waals surface area contributed by atoms with Crippen molar-refractivity contribution >= 4 is 29.2 Å². The maximum atomic E-state index is 12.0. The van der Waals surface area contributed by atoms with E-state index in [0.717, 1.165) is 19.3 Å². The molecule has 0 saturated heterocycles. The predicted octanol–water partition coefficient (Wildman–Crippen LogP) is 2.94. The van der Waals surface area contributed by atoms with Crippen LogP contribution in [0.4, 0.5) is 5.69 Å². The smallest absolute Gasteiger partial charge is 0.335 e. The Balaban J connectivity index is 2.07. The lowest BCUT2D eigenvalue weighted by Crippen LogP contribution is -2.42. The number of hydrogen-bond donors (Lipinski definition) is 2. The molecule has 0 aromatic heterocycles. The maximum absolute atomic E-state index is 12.0. The average molecular weight is 298 g/mol. The van der Waals surface area contributed by atoms with E-state index in [1.165, 1.54) is 18.2 Å². The van der Waals surface area contributed by atoms with Gasteiger partial charge in [0, 0.05) is 7.11 Å². The number of carbonyl (C=O) groups excluding carboxylic acids is 1. The first-order valence-electron chi connectivity index (χ1n) is 6.34. The number of carboxylic acid groups (broad SMARTS) is 1. The Labute approximate surface area is 121 Å². The molecule has 0 aliphatic heterocycles. The summed E-state index contributed by atoms with van der Waals surface area (Å²) in [6, 6.07) is 4.20. The van der Waals surface area contributed by atoms with E-state index in [0.29, 0.717) is 10.7 Å². The highest BCUT2D eigenvalue weighted by atomic mass is 35.5. The van der Waals surface area contributed by atoms with Crippen LogP contribution in [0.2, 0.25) is 5.02 Å². The topological polar surface area (TPSA) is 75.6 Å². The van der Waals surface area contributed by atoms with Crippen LogP contribution >= 0.6 is 11.6 Å². The fourth-order valence-electron chi connectivity index (χ4n) is 2.27. The molecule has 5 nitrogen and oxygen atoms in total. The summed E-state index contributed by atoms with van der Waals surface area (Å²) in [6.07, 6.45) is 3.02. The first kappa shape index (κ1) is 14.8. The summed E-state index contributed by atoms with van der Waals surface area (Å²) in [5.74, 6) is -1.29. The zero-order valence-electron chi connectivity index (χ0n) is 11.1. The number of ether oxygens (including phenoxy) is 1. The number of carboxylic acids is 1. The number of benzene rings is 1. The Morgan fingerprint density at radius 1 is 1.45 bits per heavy atom. The number of methoxy groups -OCH3 is 1. The van der Waals surface area contributed by atoms with E-state index in [-0.39, 0.29) is 23.5 Å². The van der Waals surface area contributed by atoms with Gasteiger partial charge in [-0.1, -0.05) is 11.6 Å². The van der Waals surface area contributed by atoms with Crippen molar-refractivity contribution in [2.45, 2.75) is 31.3 Å². The number of hydrogen-bond acceptors (Lipinski definition) is 3. The first-order chi connectivity index (χ1) is 9.46. The molecule has 0 heterocycles. The second kappa shape index (κ2) is 5.81. The molecule has 1 aromatic carbocycles. The minimum Gasteiger partial charge on any atom is -0.478 e. The zero-order chi connectivity index (χ0) is 14.8. The number of amides is 1. The SMILES string of the molecule is COC1(CC(=O)Nc2cc(C(=O)O)ccc2Cl)CCC1. The van der Waals surface area contributed by atoms with Gasteiger partial charge in [0.1, 0.15) is 0 Å². The van der Waals surface area contributed by atoms with Crippen LogP contribution in [0.1, 0.15) is 36.0 Å². The van der Waals surface area contributed by atoms with Gasteiger partial charge in [0.2, 0.25) is 5.91 Å². The van der Waals surface area contributed by atoms with Crippen molar-refractivity contribution in [3.05, 3.63) is 28.8 Å². The lowest BCUT2D eigenvalue weighted by Gasteiger charge is -2.39.